The SMILES string of the molecule is CC(C)(C)OC(=O)ON(C(=O)CC(=O)Cc1ccccc1)C(=O)OC(C)(C)C. The zero-order valence-electron chi connectivity index (χ0n) is 17.1. The van der Waals surface area contributed by atoms with Gasteiger partial charge in [-0.15, -0.1) is 0 Å². The van der Waals surface area contributed by atoms with E-state index in [0.29, 0.717) is 0 Å². The van der Waals surface area contributed by atoms with Crippen LogP contribution < -0.4 is 0 Å². The molecule has 0 N–H and O–H groups in total. The van der Waals surface area contributed by atoms with Gasteiger partial charge in [-0.3, -0.25) is 14.4 Å². The third-order valence-electron chi connectivity index (χ3n) is 2.93. The van der Waals surface area contributed by atoms with E-state index in [4.69, 9.17) is 14.3 Å². The summed E-state index contributed by atoms with van der Waals surface area (Å²) in [5.41, 5.74) is -1.12. The zero-order valence-corrected chi connectivity index (χ0v) is 17.1. The van der Waals surface area contributed by atoms with Gasteiger partial charge in [0.2, 0.25) is 0 Å². The first-order chi connectivity index (χ1) is 12.8. The Labute approximate surface area is 164 Å². The van der Waals surface area contributed by atoms with Crippen molar-refractivity contribution in [2.45, 2.75) is 65.6 Å². The molecule has 0 unspecified atom stereocenters. The topological polar surface area (TPSA) is 99.2 Å². The number of benzene rings is 1. The van der Waals surface area contributed by atoms with E-state index in [0.717, 1.165) is 5.56 Å². The normalized spacial score (nSPS) is 11.4. The lowest BCUT2D eigenvalue weighted by Crippen LogP contribution is -2.43. The molecule has 0 bridgehead atoms. The number of hydroxylamine groups is 2. The summed E-state index contributed by atoms with van der Waals surface area (Å²) < 4.78 is 10.0. The molecule has 0 saturated carbocycles. The van der Waals surface area contributed by atoms with Crippen LogP contribution in [0, 0.1) is 0 Å². The highest BCUT2D eigenvalue weighted by Gasteiger charge is 2.33. The predicted octanol–water partition coefficient (Wildman–Crippen LogP) is 3.82. The number of hydrogen-bond acceptors (Lipinski definition) is 7. The first kappa shape index (κ1) is 23.1. The van der Waals surface area contributed by atoms with E-state index in [1.54, 1.807) is 71.9 Å². The third-order valence-corrected chi connectivity index (χ3v) is 2.93. The molecule has 0 heterocycles. The predicted molar refractivity (Wildman–Crippen MR) is 100 cm³/mol. The van der Waals surface area contributed by atoms with Crippen LogP contribution in [0.15, 0.2) is 30.3 Å². The molecular formula is C20H27NO7. The summed E-state index contributed by atoms with van der Waals surface area (Å²) in [6, 6.07) is 8.82. The molecule has 28 heavy (non-hydrogen) atoms. The van der Waals surface area contributed by atoms with Crippen LogP contribution in [0.25, 0.3) is 0 Å². The van der Waals surface area contributed by atoms with Gasteiger partial charge in [0.15, 0.2) is 0 Å². The molecule has 8 heteroatoms. The summed E-state index contributed by atoms with van der Waals surface area (Å²) in [6.07, 6.45) is -3.11. The number of rotatable bonds is 4. The fourth-order valence-electron chi connectivity index (χ4n) is 1.96. The van der Waals surface area contributed by atoms with Crippen molar-refractivity contribution in [3.05, 3.63) is 35.9 Å². The molecule has 1 aromatic carbocycles. The largest absolute Gasteiger partial charge is 0.534 e. The molecular weight excluding hydrogens is 366 g/mol. The average molecular weight is 393 g/mol. The van der Waals surface area contributed by atoms with Crippen molar-refractivity contribution < 1.29 is 33.5 Å². The average Bonchev–Trinajstić information content (AvgIpc) is 2.49. The second-order valence-electron chi connectivity index (χ2n) is 8.10. The maximum absolute atomic E-state index is 12.4. The van der Waals surface area contributed by atoms with Gasteiger partial charge < -0.3 is 9.47 Å². The molecule has 1 aromatic rings. The summed E-state index contributed by atoms with van der Waals surface area (Å²) >= 11 is 0. The number of Topliss-reactive ketones (excluding diaryl/α,β-unsaturated/α-hetero) is 1. The second kappa shape index (κ2) is 9.34. The summed E-state index contributed by atoms with van der Waals surface area (Å²) in [7, 11) is 0. The summed E-state index contributed by atoms with van der Waals surface area (Å²) in [6.45, 7) is 9.54. The molecule has 8 nitrogen and oxygen atoms in total. The number of amides is 2. The third kappa shape index (κ3) is 9.16. The number of carbonyl (C=O) groups excluding carboxylic acids is 4. The molecule has 0 saturated heterocycles. The molecule has 154 valence electrons. The van der Waals surface area contributed by atoms with Crippen molar-refractivity contribution >= 4 is 23.9 Å². The Bertz CT molecular complexity index is 714. The van der Waals surface area contributed by atoms with E-state index >= 15 is 0 Å². The number of hydrogen-bond donors (Lipinski definition) is 0. The number of ketones is 1. The van der Waals surface area contributed by atoms with Crippen molar-refractivity contribution in [2.75, 3.05) is 0 Å². The summed E-state index contributed by atoms with van der Waals surface area (Å²) in [5.74, 6) is -1.47. The lowest BCUT2D eigenvalue weighted by molar-refractivity contribution is -0.171. The minimum atomic E-state index is -1.26. The van der Waals surface area contributed by atoms with Crippen molar-refractivity contribution in [1.82, 2.24) is 5.06 Å². The van der Waals surface area contributed by atoms with Gasteiger partial charge in [0.25, 0.3) is 5.91 Å². The van der Waals surface area contributed by atoms with Gasteiger partial charge in [-0.25, -0.2) is 9.59 Å². The molecule has 0 aliphatic carbocycles. The minimum absolute atomic E-state index is 0.00117. The number of imide groups is 1. The second-order valence-corrected chi connectivity index (χ2v) is 8.10. The van der Waals surface area contributed by atoms with Gasteiger partial charge in [0.1, 0.15) is 17.0 Å². The van der Waals surface area contributed by atoms with Crippen molar-refractivity contribution in [2.24, 2.45) is 0 Å². The Morgan fingerprint density at radius 2 is 1.39 bits per heavy atom. The molecule has 0 fully saturated rings. The van der Waals surface area contributed by atoms with Crippen molar-refractivity contribution in [3.8, 4) is 0 Å². The highest BCUT2D eigenvalue weighted by atomic mass is 16.8. The van der Waals surface area contributed by atoms with E-state index < -0.39 is 41.6 Å². The lowest BCUT2D eigenvalue weighted by Gasteiger charge is -2.26. The highest BCUT2D eigenvalue weighted by molar-refractivity contribution is 6.03. The number of ether oxygens (including phenoxy) is 2. The van der Waals surface area contributed by atoms with E-state index in [9.17, 15) is 19.2 Å². The summed E-state index contributed by atoms with van der Waals surface area (Å²) in [4.78, 5) is 53.5. The van der Waals surface area contributed by atoms with Crippen LogP contribution >= 0.6 is 0 Å². The van der Waals surface area contributed by atoms with Gasteiger partial charge in [0, 0.05) is 6.42 Å². The highest BCUT2D eigenvalue weighted by Crippen LogP contribution is 2.14. The molecule has 0 spiro atoms. The fourth-order valence-corrected chi connectivity index (χ4v) is 1.96. The van der Waals surface area contributed by atoms with E-state index in [1.807, 2.05) is 0 Å². The molecule has 0 aromatic heterocycles. The van der Waals surface area contributed by atoms with Gasteiger partial charge in [0.05, 0.1) is 6.42 Å². The van der Waals surface area contributed by atoms with Gasteiger partial charge in [-0.2, -0.15) is 0 Å². The van der Waals surface area contributed by atoms with Crippen LogP contribution in [0.3, 0.4) is 0 Å². The van der Waals surface area contributed by atoms with Crippen LogP contribution in [-0.2, 0) is 30.3 Å². The first-order valence-electron chi connectivity index (χ1n) is 8.79. The van der Waals surface area contributed by atoms with Crippen molar-refractivity contribution in [1.29, 1.82) is 0 Å². The lowest BCUT2D eigenvalue weighted by atomic mass is 10.1. The zero-order chi connectivity index (χ0) is 21.5. The Balaban J connectivity index is 2.86. The van der Waals surface area contributed by atoms with Gasteiger partial charge >= 0.3 is 12.2 Å². The minimum Gasteiger partial charge on any atom is -0.441 e. The van der Waals surface area contributed by atoms with Gasteiger partial charge in [-0.05, 0) is 47.1 Å². The first-order valence-corrected chi connectivity index (χ1v) is 8.79. The number of carbonyl (C=O) groups is 4. The van der Waals surface area contributed by atoms with Crippen LogP contribution in [0.1, 0.15) is 53.5 Å². The quantitative estimate of drug-likeness (QED) is 0.435. The Morgan fingerprint density at radius 1 is 0.857 bits per heavy atom. The maximum atomic E-state index is 12.4. The fraction of sp³-hybridized carbons (Fsp3) is 0.500. The van der Waals surface area contributed by atoms with Crippen LogP contribution in [-0.4, -0.2) is 40.2 Å². The van der Waals surface area contributed by atoms with E-state index in [2.05, 4.69) is 0 Å². The Hall–Kier alpha value is -2.90. The molecule has 2 amide bonds. The van der Waals surface area contributed by atoms with Crippen LogP contribution in [0.4, 0.5) is 9.59 Å². The van der Waals surface area contributed by atoms with E-state index in [-0.39, 0.29) is 11.5 Å². The monoisotopic (exact) mass is 393 g/mol. The maximum Gasteiger partial charge on any atom is 0.534 e. The Kier molecular flexibility index (Phi) is 7.72. The van der Waals surface area contributed by atoms with E-state index in [1.165, 1.54) is 0 Å². The molecule has 0 aliphatic heterocycles. The molecule has 0 aliphatic rings. The molecule has 0 atom stereocenters. The van der Waals surface area contributed by atoms with Crippen LogP contribution in [0.2, 0.25) is 0 Å². The van der Waals surface area contributed by atoms with Crippen LogP contribution in [0.5, 0.6) is 0 Å². The number of nitrogens with zero attached hydrogens (tertiary/aromatic N) is 1. The van der Waals surface area contributed by atoms with Crippen molar-refractivity contribution in [3.63, 3.8) is 0 Å². The molecule has 1 rings (SSSR count). The Morgan fingerprint density at radius 3 is 1.89 bits per heavy atom. The molecule has 0 radical (unpaired) electrons. The smallest absolute Gasteiger partial charge is 0.441 e. The standard InChI is InChI=1S/C20H27NO7/c1-19(2,3)26-17(24)21(28-18(25)27-20(4,5)6)16(23)13-15(22)12-14-10-8-7-9-11-14/h7-11H,12-13H2,1-6H3. The van der Waals surface area contributed by atoms with Gasteiger partial charge in [-0.1, -0.05) is 35.4 Å². The summed E-state index contributed by atoms with van der Waals surface area (Å²) in [5, 5.41) is 0.127.